The van der Waals surface area contributed by atoms with Crippen molar-refractivity contribution < 1.29 is 9.53 Å². The van der Waals surface area contributed by atoms with E-state index in [1.807, 2.05) is 6.07 Å². The van der Waals surface area contributed by atoms with E-state index in [1.54, 1.807) is 12.1 Å². The van der Waals surface area contributed by atoms with Crippen LogP contribution in [0.5, 0.6) is 0 Å². The van der Waals surface area contributed by atoms with Crippen molar-refractivity contribution in [2.24, 2.45) is 5.92 Å². The van der Waals surface area contributed by atoms with Crippen LogP contribution in [0.4, 0.5) is 0 Å². The quantitative estimate of drug-likeness (QED) is 0.731. The highest BCUT2D eigenvalue weighted by Gasteiger charge is 2.15. The van der Waals surface area contributed by atoms with Gasteiger partial charge in [0.15, 0.2) is 0 Å². The number of hydrogen-bond donors (Lipinski definition) is 0. The predicted molar refractivity (Wildman–Crippen MR) is 61.0 cm³/mol. The first kappa shape index (κ1) is 12.3. The van der Waals surface area contributed by atoms with Crippen LogP contribution in [-0.4, -0.2) is 13.1 Å². The van der Waals surface area contributed by atoms with Crippen LogP contribution in [0.3, 0.4) is 0 Å². The summed E-state index contributed by atoms with van der Waals surface area (Å²) in [5.74, 6) is -0.0119. The van der Waals surface area contributed by atoms with Crippen LogP contribution >= 0.6 is 0 Å². The minimum Gasteiger partial charge on any atom is -0.465 e. The Labute approximate surface area is 95.7 Å². The van der Waals surface area contributed by atoms with Crippen molar-refractivity contribution in [1.82, 2.24) is 0 Å². The molecule has 84 valence electrons. The molecule has 0 N–H and O–H groups in total. The van der Waals surface area contributed by atoms with Gasteiger partial charge in [0, 0.05) is 0 Å². The Balaban J connectivity index is 3.22. The Morgan fingerprint density at radius 2 is 2.19 bits per heavy atom. The molecule has 0 unspecified atom stereocenters. The molecule has 0 aliphatic rings. The molecule has 3 nitrogen and oxygen atoms in total. The summed E-state index contributed by atoms with van der Waals surface area (Å²) in [5, 5.41) is 9.10. The molecule has 0 aromatic heterocycles. The third-order valence-electron chi connectivity index (χ3n) is 2.30. The molecule has 0 bridgehead atoms. The first-order chi connectivity index (χ1) is 7.60. The molecule has 3 heteroatoms. The van der Waals surface area contributed by atoms with E-state index in [4.69, 9.17) is 5.26 Å². The van der Waals surface area contributed by atoms with Crippen molar-refractivity contribution in [2.75, 3.05) is 7.11 Å². The highest BCUT2D eigenvalue weighted by molar-refractivity contribution is 5.92. The van der Waals surface area contributed by atoms with Gasteiger partial charge in [-0.2, -0.15) is 5.26 Å². The summed E-state index contributed by atoms with van der Waals surface area (Å²) in [6.07, 6.45) is 0.785. The van der Waals surface area contributed by atoms with Crippen LogP contribution in [0.1, 0.15) is 35.3 Å². The van der Waals surface area contributed by atoms with E-state index in [9.17, 15) is 4.79 Å². The lowest BCUT2D eigenvalue weighted by Gasteiger charge is -2.09. The smallest absolute Gasteiger partial charge is 0.339 e. The first-order valence-corrected chi connectivity index (χ1v) is 5.20. The standard InChI is InChI=1S/C13H15NO2/c1-9(2)7-10-5-4-6-11(12(10)8-14)13(15)16-3/h4-6,9H,7H2,1-3H3. The maximum Gasteiger partial charge on any atom is 0.339 e. The van der Waals surface area contributed by atoms with Crippen LogP contribution in [-0.2, 0) is 11.2 Å². The lowest BCUT2D eigenvalue weighted by atomic mass is 9.95. The monoisotopic (exact) mass is 217 g/mol. The van der Waals surface area contributed by atoms with E-state index in [1.165, 1.54) is 7.11 Å². The van der Waals surface area contributed by atoms with Crippen LogP contribution in [0, 0.1) is 17.2 Å². The molecule has 0 fully saturated rings. The summed E-state index contributed by atoms with van der Waals surface area (Å²) >= 11 is 0. The lowest BCUT2D eigenvalue weighted by molar-refractivity contribution is 0.0600. The average molecular weight is 217 g/mol. The fourth-order valence-corrected chi connectivity index (χ4v) is 1.62. The van der Waals surface area contributed by atoms with E-state index in [0.29, 0.717) is 17.0 Å². The van der Waals surface area contributed by atoms with Crippen molar-refractivity contribution in [3.05, 3.63) is 34.9 Å². The molecule has 0 aliphatic carbocycles. The van der Waals surface area contributed by atoms with Gasteiger partial charge in [-0.1, -0.05) is 26.0 Å². The van der Waals surface area contributed by atoms with Gasteiger partial charge in [-0.05, 0) is 24.0 Å². The van der Waals surface area contributed by atoms with Crippen LogP contribution in [0.25, 0.3) is 0 Å². The number of rotatable bonds is 3. The van der Waals surface area contributed by atoms with E-state index >= 15 is 0 Å². The second-order valence-electron chi connectivity index (χ2n) is 4.04. The summed E-state index contributed by atoms with van der Waals surface area (Å²) in [6, 6.07) is 7.37. The molecule has 1 rings (SSSR count). The van der Waals surface area contributed by atoms with Gasteiger partial charge in [0.05, 0.1) is 18.2 Å². The zero-order chi connectivity index (χ0) is 12.1. The Morgan fingerprint density at radius 3 is 2.69 bits per heavy atom. The van der Waals surface area contributed by atoms with E-state index in [0.717, 1.165) is 12.0 Å². The molecule has 0 amide bonds. The Hall–Kier alpha value is -1.82. The number of hydrogen-bond acceptors (Lipinski definition) is 3. The Morgan fingerprint density at radius 1 is 1.50 bits per heavy atom. The van der Waals surface area contributed by atoms with Gasteiger partial charge in [0.2, 0.25) is 0 Å². The van der Waals surface area contributed by atoms with Gasteiger partial charge in [0.25, 0.3) is 0 Å². The van der Waals surface area contributed by atoms with Crippen molar-refractivity contribution in [3.63, 3.8) is 0 Å². The van der Waals surface area contributed by atoms with Crippen LogP contribution in [0.2, 0.25) is 0 Å². The van der Waals surface area contributed by atoms with Gasteiger partial charge < -0.3 is 4.74 Å². The number of methoxy groups -OCH3 is 1. The number of carbonyl (C=O) groups is 1. The summed E-state index contributed by atoms with van der Waals surface area (Å²) < 4.78 is 4.65. The largest absolute Gasteiger partial charge is 0.465 e. The molecule has 0 heterocycles. The van der Waals surface area contributed by atoms with Crippen LogP contribution < -0.4 is 0 Å². The van der Waals surface area contributed by atoms with Gasteiger partial charge in [-0.15, -0.1) is 0 Å². The molecule has 16 heavy (non-hydrogen) atoms. The number of esters is 1. The molecule has 0 saturated carbocycles. The topological polar surface area (TPSA) is 50.1 Å². The van der Waals surface area contributed by atoms with E-state index < -0.39 is 5.97 Å². The zero-order valence-electron chi connectivity index (χ0n) is 9.78. The molecular formula is C13H15NO2. The minimum absolute atomic E-state index is 0.350. The third kappa shape index (κ3) is 2.60. The SMILES string of the molecule is COC(=O)c1cccc(CC(C)C)c1C#N. The van der Waals surface area contributed by atoms with Gasteiger partial charge in [-0.25, -0.2) is 4.79 Å². The average Bonchev–Trinajstić information content (AvgIpc) is 2.27. The molecule has 1 aromatic carbocycles. The molecule has 0 atom stereocenters. The lowest BCUT2D eigenvalue weighted by Crippen LogP contribution is -2.07. The molecule has 0 radical (unpaired) electrons. The highest BCUT2D eigenvalue weighted by atomic mass is 16.5. The van der Waals surface area contributed by atoms with Crippen molar-refractivity contribution in [2.45, 2.75) is 20.3 Å². The minimum atomic E-state index is -0.456. The molecule has 0 spiro atoms. The Kier molecular flexibility index (Phi) is 4.07. The second kappa shape index (κ2) is 5.32. The number of nitriles is 1. The second-order valence-corrected chi connectivity index (χ2v) is 4.04. The highest BCUT2D eigenvalue weighted by Crippen LogP contribution is 2.18. The fraction of sp³-hybridized carbons (Fsp3) is 0.385. The molecular weight excluding hydrogens is 202 g/mol. The summed E-state index contributed by atoms with van der Waals surface area (Å²) in [7, 11) is 1.32. The van der Waals surface area contributed by atoms with Crippen molar-refractivity contribution >= 4 is 5.97 Å². The van der Waals surface area contributed by atoms with Crippen molar-refractivity contribution in [1.29, 1.82) is 5.26 Å². The maximum absolute atomic E-state index is 11.5. The Bertz CT molecular complexity index is 430. The van der Waals surface area contributed by atoms with Gasteiger partial charge in [-0.3, -0.25) is 0 Å². The van der Waals surface area contributed by atoms with E-state index in [-0.39, 0.29) is 0 Å². The third-order valence-corrected chi connectivity index (χ3v) is 2.30. The van der Waals surface area contributed by atoms with Crippen molar-refractivity contribution in [3.8, 4) is 6.07 Å². The predicted octanol–water partition coefficient (Wildman–Crippen LogP) is 2.54. The molecule has 1 aromatic rings. The first-order valence-electron chi connectivity index (χ1n) is 5.20. The number of ether oxygens (including phenoxy) is 1. The number of nitrogens with zero attached hydrogens (tertiary/aromatic N) is 1. The van der Waals surface area contributed by atoms with E-state index in [2.05, 4.69) is 24.7 Å². The van der Waals surface area contributed by atoms with Gasteiger partial charge >= 0.3 is 5.97 Å². The maximum atomic E-state index is 11.5. The molecule has 0 aliphatic heterocycles. The summed E-state index contributed by atoms with van der Waals surface area (Å²) in [4.78, 5) is 11.5. The summed E-state index contributed by atoms with van der Waals surface area (Å²) in [6.45, 7) is 4.15. The summed E-state index contributed by atoms with van der Waals surface area (Å²) in [5.41, 5.74) is 1.69. The molecule has 0 saturated heterocycles. The van der Waals surface area contributed by atoms with Crippen LogP contribution in [0.15, 0.2) is 18.2 Å². The normalized spacial score (nSPS) is 9.94. The van der Waals surface area contributed by atoms with Gasteiger partial charge in [0.1, 0.15) is 6.07 Å². The number of carbonyl (C=O) groups excluding carboxylic acids is 1. The fourth-order valence-electron chi connectivity index (χ4n) is 1.62. The number of benzene rings is 1. The zero-order valence-corrected chi connectivity index (χ0v) is 9.78.